The van der Waals surface area contributed by atoms with Crippen molar-refractivity contribution in [3.8, 4) is 17.2 Å². The van der Waals surface area contributed by atoms with Crippen LogP contribution in [0.2, 0.25) is 0 Å². The molecule has 5 nitrogen and oxygen atoms in total. The zero-order valence-electron chi connectivity index (χ0n) is 11.2. The average Bonchev–Trinajstić information content (AvgIpc) is 2.36. The number of rotatable bonds is 5. The molecule has 0 spiro atoms. The number of carboxylic acids is 1. The summed E-state index contributed by atoms with van der Waals surface area (Å²) in [4.78, 5) is 10.9. The first-order chi connectivity index (χ1) is 8.38. The molecule has 1 N–H and O–H groups in total. The highest BCUT2D eigenvalue weighted by Gasteiger charge is 2.14. The topological polar surface area (TPSA) is 65.0 Å². The van der Waals surface area contributed by atoms with Gasteiger partial charge in [-0.25, -0.2) is 0 Å². The standard InChI is InChI=1S/C11H14O5/c1-14-8-4-7(6-10(12)13)5-9(15-2)11(8)16-3/h4-5H,6H2,1-3H3,(H,12,13)/i6D2. The number of benzene rings is 1. The number of carbonyl (C=O) groups is 1. The number of aliphatic carboxylic acids is 1. The Morgan fingerprint density at radius 2 is 1.75 bits per heavy atom. The summed E-state index contributed by atoms with van der Waals surface area (Å²) in [5, 5.41) is 8.86. The van der Waals surface area contributed by atoms with E-state index in [9.17, 15) is 4.79 Å². The van der Waals surface area contributed by atoms with Gasteiger partial charge in [0, 0.05) is 2.74 Å². The Balaban J connectivity index is 3.45. The Bertz CT molecular complexity index is 434. The largest absolute Gasteiger partial charge is 0.493 e. The van der Waals surface area contributed by atoms with Crippen LogP contribution in [0, 0.1) is 0 Å². The molecule has 0 aliphatic heterocycles. The lowest BCUT2D eigenvalue weighted by atomic mass is 10.1. The van der Waals surface area contributed by atoms with Crippen molar-refractivity contribution in [3.63, 3.8) is 0 Å². The summed E-state index contributed by atoms with van der Waals surface area (Å²) in [6.45, 7) is 0. The van der Waals surface area contributed by atoms with E-state index >= 15 is 0 Å². The molecule has 0 aliphatic carbocycles. The summed E-state index contributed by atoms with van der Waals surface area (Å²) in [7, 11) is 4.15. The predicted octanol–water partition coefficient (Wildman–Crippen LogP) is 1.34. The number of ether oxygens (including phenoxy) is 3. The highest BCUT2D eigenvalue weighted by molar-refractivity contribution is 5.71. The lowest BCUT2D eigenvalue weighted by Gasteiger charge is -2.13. The molecule has 0 saturated heterocycles. The van der Waals surface area contributed by atoms with Gasteiger partial charge in [-0.2, -0.15) is 0 Å². The van der Waals surface area contributed by atoms with E-state index < -0.39 is 12.3 Å². The van der Waals surface area contributed by atoms with Crippen molar-refractivity contribution in [2.24, 2.45) is 0 Å². The van der Waals surface area contributed by atoms with E-state index in [1.807, 2.05) is 0 Å². The highest BCUT2D eigenvalue weighted by Crippen LogP contribution is 2.38. The number of methoxy groups -OCH3 is 3. The van der Waals surface area contributed by atoms with Crippen LogP contribution < -0.4 is 14.2 Å². The fourth-order valence-electron chi connectivity index (χ4n) is 1.28. The van der Waals surface area contributed by atoms with Crippen molar-refractivity contribution in [2.75, 3.05) is 21.3 Å². The third-order valence-electron chi connectivity index (χ3n) is 1.92. The van der Waals surface area contributed by atoms with Gasteiger partial charge in [-0.3, -0.25) is 4.79 Å². The summed E-state index contributed by atoms with van der Waals surface area (Å²) < 4.78 is 30.1. The first kappa shape index (κ1) is 9.33. The highest BCUT2D eigenvalue weighted by atomic mass is 16.5. The predicted molar refractivity (Wildman–Crippen MR) is 57.4 cm³/mol. The van der Waals surface area contributed by atoms with Crippen LogP contribution in [0.1, 0.15) is 8.30 Å². The van der Waals surface area contributed by atoms with Crippen molar-refractivity contribution in [1.82, 2.24) is 0 Å². The van der Waals surface area contributed by atoms with Crippen LogP contribution in [0.15, 0.2) is 12.1 Å². The van der Waals surface area contributed by atoms with Crippen LogP contribution in [-0.4, -0.2) is 32.4 Å². The minimum absolute atomic E-state index is 0.0792. The van der Waals surface area contributed by atoms with Crippen molar-refractivity contribution in [3.05, 3.63) is 17.7 Å². The van der Waals surface area contributed by atoms with Crippen LogP contribution >= 0.6 is 0 Å². The molecule has 0 aliphatic rings. The van der Waals surface area contributed by atoms with Gasteiger partial charge < -0.3 is 19.3 Å². The van der Waals surface area contributed by atoms with Crippen molar-refractivity contribution >= 4 is 5.97 Å². The van der Waals surface area contributed by atoms with Crippen LogP contribution in [0.4, 0.5) is 0 Å². The number of hydrogen-bond donors (Lipinski definition) is 1. The van der Waals surface area contributed by atoms with Gasteiger partial charge in [-0.1, -0.05) is 0 Å². The van der Waals surface area contributed by atoms with Gasteiger partial charge >= 0.3 is 5.97 Å². The Morgan fingerprint density at radius 3 is 2.06 bits per heavy atom. The molecule has 88 valence electrons. The number of hydrogen-bond acceptors (Lipinski definition) is 4. The van der Waals surface area contributed by atoms with E-state index in [0.29, 0.717) is 0 Å². The lowest BCUT2D eigenvalue weighted by molar-refractivity contribution is -0.136. The fraction of sp³-hybridized carbons (Fsp3) is 0.364. The van der Waals surface area contributed by atoms with Gasteiger partial charge in [0.05, 0.1) is 27.7 Å². The van der Waals surface area contributed by atoms with Gasteiger partial charge in [0.25, 0.3) is 0 Å². The van der Waals surface area contributed by atoms with E-state index in [4.69, 9.17) is 22.1 Å². The van der Waals surface area contributed by atoms with E-state index in [2.05, 4.69) is 0 Å². The second-order valence-corrected chi connectivity index (χ2v) is 2.84. The first-order valence-corrected chi connectivity index (χ1v) is 4.42. The van der Waals surface area contributed by atoms with Gasteiger partial charge in [-0.15, -0.1) is 0 Å². The van der Waals surface area contributed by atoms with Gasteiger partial charge in [0.1, 0.15) is 0 Å². The van der Waals surface area contributed by atoms with E-state index in [0.717, 1.165) is 0 Å². The zero-order chi connectivity index (χ0) is 13.9. The molecule has 0 bridgehead atoms. The molecule has 0 amide bonds. The molecule has 0 fully saturated rings. The molecule has 1 rings (SSSR count). The van der Waals surface area contributed by atoms with Crippen LogP contribution in [-0.2, 0) is 11.2 Å². The molecular formula is C11H14O5. The van der Waals surface area contributed by atoms with E-state index in [1.54, 1.807) is 0 Å². The van der Waals surface area contributed by atoms with Gasteiger partial charge in [0.15, 0.2) is 11.5 Å². The smallest absolute Gasteiger partial charge is 0.307 e. The maximum absolute atomic E-state index is 10.9. The minimum Gasteiger partial charge on any atom is -0.493 e. The normalized spacial score (nSPS) is 12.4. The summed E-state index contributed by atoms with van der Waals surface area (Å²) in [6, 6.07) is 2.55. The van der Waals surface area contributed by atoms with Crippen molar-refractivity contribution in [2.45, 2.75) is 6.37 Å². The monoisotopic (exact) mass is 228 g/mol. The maximum Gasteiger partial charge on any atom is 0.307 e. The van der Waals surface area contributed by atoms with E-state index in [1.165, 1.54) is 33.5 Å². The Hall–Kier alpha value is -1.91. The molecule has 0 aromatic heterocycles. The summed E-state index contributed by atoms with van der Waals surface area (Å²) in [6.07, 6.45) is -2.53. The van der Waals surface area contributed by atoms with Crippen LogP contribution in [0.25, 0.3) is 0 Å². The third kappa shape index (κ3) is 2.56. The lowest BCUT2D eigenvalue weighted by Crippen LogP contribution is -2.02. The Kier molecular flexibility index (Phi) is 3.06. The van der Waals surface area contributed by atoms with Crippen LogP contribution in [0.3, 0.4) is 0 Å². The summed E-state index contributed by atoms with van der Waals surface area (Å²) in [5.74, 6) is -0.893. The maximum atomic E-state index is 10.9. The second kappa shape index (κ2) is 5.25. The van der Waals surface area contributed by atoms with Crippen molar-refractivity contribution in [1.29, 1.82) is 0 Å². The van der Waals surface area contributed by atoms with Crippen molar-refractivity contribution < 1.29 is 26.9 Å². The molecule has 1 aromatic carbocycles. The third-order valence-corrected chi connectivity index (χ3v) is 1.92. The molecule has 5 heteroatoms. The molecule has 0 heterocycles. The Morgan fingerprint density at radius 1 is 1.25 bits per heavy atom. The number of carboxylic acid groups (broad SMARTS) is 1. The van der Waals surface area contributed by atoms with Gasteiger partial charge in [-0.05, 0) is 17.7 Å². The quantitative estimate of drug-likeness (QED) is 0.823. The summed E-state index contributed by atoms with van der Waals surface area (Å²) >= 11 is 0. The zero-order valence-corrected chi connectivity index (χ0v) is 9.23. The molecule has 0 unspecified atom stereocenters. The molecule has 0 saturated carbocycles. The SMILES string of the molecule is [2H]C([2H])(C(=O)O)c1cc(OC)c(OC)c(OC)c1. The van der Waals surface area contributed by atoms with Crippen LogP contribution in [0.5, 0.6) is 17.2 Å². The molecule has 0 radical (unpaired) electrons. The fourth-order valence-corrected chi connectivity index (χ4v) is 1.28. The Labute approximate surface area is 96.4 Å². The van der Waals surface area contributed by atoms with Gasteiger partial charge in [0.2, 0.25) is 5.75 Å². The molecular weight excluding hydrogens is 212 g/mol. The first-order valence-electron chi connectivity index (χ1n) is 5.42. The van der Waals surface area contributed by atoms with E-state index in [-0.39, 0.29) is 22.8 Å². The molecule has 0 atom stereocenters. The second-order valence-electron chi connectivity index (χ2n) is 2.84. The minimum atomic E-state index is -2.53. The average molecular weight is 228 g/mol. The molecule has 16 heavy (non-hydrogen) atoms. The summed E-state index contributed by atoms with van der Waals surface area (Å²) in [5.41, 5.74) is -0.0792. The molecule has 1 aromatic rings.